The lowest BCUT2D eigenvalue weighted by atomic mass is 10.1. The van der Waals surface area contributed by atoms with E-state index in [9.17, 15) is 4.79 Å². The smallest absolute Gasteiger partial charge is 0.270 e. The highest BCUT2D eigenvalue weighted by Crippen LogP contribution is 2.29. The van der Waals surface area contributed by atoms with E-state index in [2.05, 4.69) is 35.9 Å². The zero-order valence-electron chi connectivity index (χ0n) is 11.6. The Bertz CT molecular complexity index is 590. The molecular weight excluding hydrogens is 256 g/mol. The molecule has 0 radical (unpaired) electrons. The molecule has 1 fully saturated rings. The van der Waals surface area contributed by atoms with Crippen LogP contribution in [0.25, 0.3) is 10.2 Å². The van der Waals surface area contributed by atoms with Crippen LogP contribution in [0.4, 0.5) is 0 Å². The summed E-state index contributed by atoms with van der Waals surface area (Å²) in [5.74, 6) is 0.205. The predicted octanol–water partition coefficient (Wildman–Crippen LogP) is 3.91. The van der Waals surface area contributed by atoms with Crippen molar-refractivity contribution in [2.45, 2.75) is 39.2 Å². The summed E-state index contributed by atoms with van der Waals surface area (Å²) in [6.45, 7) is 6.11. The Morgan fingerprint density at radius 3 is 2.68 bits per heavy atom. The van der Waals surface area contributed by atoms with Gasteiger partial charge in [-0.05, 0) is 50.6 Å². The molecule has 0 spiro atoms. The van der Waals surface area contributed by atoms with Crippen molar-refractivity contribution in [2.75, 3.05) is 13.1 Å². The van der Waals surface area contributed by atoms with Crippen LogP contribution in [0, 0.1) is 0 Å². The molecule has 1 aliphatic heterocycles. The topological polar surface area (TPSA) is 25.2 Å². The van der Waals surface area contributed by atoms with Gasteiger partial charge in [0.15, 0.2) is 0 Å². The van der Waals surface area contributed by atoms with Crippen molar-refractivity contribution >= 4 is 27.5 Å². The second-order valence-corrected chi connectivity index (χ2v) is 6.46. The van der Waals surface area contributed by atoms with Crippen LogP contribution < -0.4 is 0 Å². The fraction of sp³-hybridized carbons (Fsp3) is 0.533. The number of nitrogens with zero attached hydrogens (tertiary/aromatic N) is 2. The first-order chi connectivity index (χ1) is 9.18. The Balaban J connectivity index is 2.01. The third-order valence-corrected chi connectivity index (χ3v) is 4.69. The molecule has 0 aliphatic carbocycles. The molecule has 0 bridgehead atoms. The number of thiophene rings is 1. The molecule has 0 N–H and O–H groups in total. The van der Waals surface area contributed by atoms with E-state index >= 15 is 0 Å². The second-order valence-electron chi connectivity index (χ2n) is 5.52. The molecule has 3 heterocycles. The van der Waals surface area contributed by atoms with Crippen LogP contribution in [0.3, 0.4) is 0 Å². The summed E-state index contributed by atoms with van der Waals surface area (Å²) in [7, 11) is 0. The van der Waals surface area contributed by atoms with Crippen LogP contribution in [0.15, 0.2) is 17.5 Å². The summed E-state index contributed by atoms with van der Waals surface area (Å²) in [4.78, 5) is 14.7. The van der Waals surface area contributed by atoms with E-state index in [-0.39, 0.29) is 5.91 Å². The maximum absolute atomic E-state index is 12.7. The summed E-state index contributed by atoms with van der Waals surface area (Å²) in [6.07, 6.45) is 3.54. The lowest BCUT2D eigenvalue weighted by molar-refractivity contribution is 0.0712. The molecule has 0 atom stereocenters. The minimum atomic E-state index is 0.205. The van der Waals surface area contributed by atoms with Gasteiger partial charge in [0, 0.05) is 19.1 Å². The Morgan fingerprint density at radius 1 is 1.26 bits per heavy atom. The van der Waals surface area contributed by atoms with Gasteiger partial charge in [-0.25, -0.2) is 0 Å². The van der Waals surface area contributed by atoms with Gasteiger partial charge < -0.3 is 9.47 Å². The van der Waals surface area contributed by atoms with E-state index in [1.807, 2.05) is 4.90 Å². The normalized spacial score (nSPS) is 16.5. The van der Waals surface area contributed by atoms with E-state index in [0.717, 1.165) is 31.6 Å². The number of hydrogen-bond donors (Lipinski definition) is 0. The number of rotatable bonds is 2. The van der Waals surface area contributed by atoms with Gasteiger partial charge in [0.2, 0.25) is 0 Å². The van der Waals surface area contributed by atoms with Crippen LogP contribution in [-0.2, 0) is 0 Å². The molecule has 0 unspecified atom stereocenters. The summed E-state index contributed by atoms with van der Waals surface area (Å²) in [5.41, 5.74) is 2.05. The van der Waals surface area contributed by atoms with Crippen molar-refractivity contribution in [3.05, 3.63) is 23.2 Å². The van der Waals surface area contributed by atoms with Crippen LogP contribution in [0.5, 0.6) is 0 Å². The molecule has 19 heavy (non-hydrogen) atoms. The lowest BCUT2D eigenvalue weighted by Crippen LogP contribution is -2.36. The van der Waals surface area contributed by atoms with E-state index in [0.29, 0.717) is 6.04 Å². The van der Waals surface area contributed by atoms with Crippen molar-refractivity contribution in [1.82, 2.24) is 9.47 Å². The van der Waals surface area contributed by atoms with Gasteiger partial charge in [-0.1, -0.05) is 0 Å². The first-order valence-electron chi connectivity index (χ1n) is 7.06. The molecule has 3 rings (SSSR count). The van der Waals surface area contributed by atoms with Crippen molar-refractivity contribution in [1.29, 1.82) is 0 Å². The van der Waals surface area contributed by atoms with Crippen molar-refractivity contribution in [2.24, 2.45) is 0 Å². The van der Waals surface area contributed by atoms with Gasteiger partial charge in [0.25, 0.3) is 5.91 Å². The third-order valence-electron chi connectivity index (χ3n) is 3.84. The number of amides is 1. The minimum Gasteiger partial charge on any atom is -0.337 e. The summed E-state index contributed by atoms with van der Waals surface area (Å²) in [6, 6.07) is 4.50. The second kappa shape index (κ2) is 5.00. The Hall–Kier alpha value is -1.29. The standard InChI is InChI=1S/C15H20N2OS/c1-11(2)17-12-6-9-19-14(12)10-13(17)15(18)16-7-4-3-5-8-16/h6,9-11H,3-5,7-8H2,1-2H3. The number of piperidine rings is 1. The quantitative estimate of drug-likeness (QED) is 0.816. The molecule has 1 aliphatic rings. The highest BCUT2D eigenvalue weighted by molar-refractivity contribution is 7.17. The summed E-state index contributed by atoms with van der Waals surface area (Å²) >= 11 is 1.71. The third kappa shape index (κ3) is 2.18. The SMILES string of the molecule is CC(C)n1c(C(=O)N2CCCCC2)cc2sccc21. The van der Waals surface area contributed by atoms with Gasteiger partial charge in [0.1, 0.15) is 5.69 Å². The highest BCUT2D eigenvalue weighted by Gasteiger charge is 2.24. The highest BCUT2D eigenvalue weighted by atomic mass is 32.1. The Kier molecular flexibility index (Phi) is 3.35. The van der Waals surface area contributed by atoms with Crippen LogP contribution in [-0.4, -0.2) is 28.5 Å². The lowest BCUT2D eigenvalue weighted by Gasteiger charge is -2.27. The average molecular weight is 276 g/mol. The molecule has 0 aromatic carbocycles. The first-order valence-corrected chi connectivity index (χ1v) is 7.94. The molecule has 1 saturated heterocycles. The number of fused-ring (bicyclic) bond motifs is 1. The Labute approximate surface area is 117 Å². The van der Waals surface area contributed by atoms with Gasteiger partial charge in [-0.2, -0.15) is 0 Å². The average Bonchev–Trinajstić information content (AvgIpc) is 2.98. The first kappa shape index (κ1) is 12.7. The molecular formula is C15H20N2OS. The monoisotopic (exact) mass is 276 g/mol. The van der Waals surface area contributed by atoms with Crippen molar-refractivity contribution in [3.63, 3.8) is 0 Å². The van der Waals surface area contributed by atoms with E-state index in [4.69, 9.17) is 0 Å². The largest absolute Gasteiger partial charge is 0.337 e. The summed E-state index contributed by atoms with van der Waals surface area (Å²) < 4.78 is 3.40. The maximum Gasteiger partial charge on any atom is 0.270 e. The van der Waals surface area contributed by atoms with Crippen LogP contribution >= 0.6 is 11.3 Å². The van der Waals surface area contributed by atoms with Crippen LogP contribution in [0.1, 0.15) is 49.6 Å². The number of carbonyl (C=O) groups is 1. The Morgan fingerprint density at radius 2 is 2.00 bits per heavy atom. The molecule has 2 aromatic heterocycles. The zero-order chi connectivity index (χ0) is 13.4. The van der Waals surface area contributed by atoms with E-state index in [1.165, 1.54) is 16.6 Å². The summed E-state index contributed by atoms with van der Waals surface area (Å²) in [5, 5.41) is 2.10. The number of aromatic nitrogens is 1. The van der Waals surface area contributed by atoms with Gasteiger partial charge >= 0.3 is 0 Å². The molecule has 2 aromatic rings. The molecule has 0 saturated carbocycles. The number of carbonyl (C=O) groups excluding carboxylic acids is 1. The number of likely N-dealkylation sites (tertiary alicyclic amines) is 1. The maximum atomic E-state index is 12.7. The van der Waals surface area contributed by atoms with Crippen molar-refractivity contribution in [3.8, 4) is 0 Å². The minimum absolute atomic E-state index is 0.205. The van der Waals surface area contributed by atoms with Crippen LogP contribution in [0.2, 0.25) is 0 Å². The fourth-order valence-corrected chi connectivity index (χ4v) is 3.74. The van der Waals surface area contributed by atoms with Crippen molar-refractivity contribution < 1.29 is 4.79 Å². The van der Waals surface area contributed by atoms with E-state index < -0.39 is 0 Å². The van der Waals surface area contributed by atoms with Gasteiger partial charge in [-0.15, -0.1) is 11.3 Å². The van der Waals surface area contributed by atoms with Gasteiger partial charge in [0.05, 0.1) is 10.2 Å². The molecule has 102 valence electrons. The fourth-order valence-electron chi connectivity index (χ4n) is 2.92. The number of hydrogen-bond acceptors (Lipinski definition) is 2. The van der Waals surface area contributed by atoms with Gasteiger partial charge in [-0.3, -0.25) is 4.79 Å². The molecule has 1 amide bonds. The molecule has 4 heteroatoms. The predicted molar refractivity (Wildman–Crippen MR) is 80.0 cm³/mol. The molecule has 3 nitrogen and oxygen atoms in total. The zero-order valence-corrected chi connectivity index (χ0v) is 12.4. The van der Waals surface area contributed by atoms with E-state index in [1.54, 1.807) is 11.3 Å².